The van der Waals surface area contributed by atoms with Gasteiger partial charge in [-0.05, 0) is 43.5 Å². The molecule has 2 nitrogen and oxygen atoms in total. The lowest BCUT2D eigenvalue weighted by Gasteiger charge is -2.30. The third-order valence-electron chi connectivity index (χ3n) is 3.43. The van der Waals surface area contributed by atoms with Gasteiger partial charge >= 0.3 is 0 Å². The molecule has 0 aliphatic carbocycles. The van der Waals surface area contributed by atoms with Gasteiger partial charge in [0.15, 0.2) is 0 Å². The first-order chi connectivity index (χ1) is 8.76. The Labute approximate surface area is 109 Å². The summed E-state index contributed by atoms with van der Waals surface area (Å²) in [5, 5.41) is 0. The molecule has 94 valence electrons. The summed E-state index contributed by atoms with van der Waals surface area (Å²) in [7, 11) is 0. The van der Waals surface area contributed by atoms with E-state index in [1.807, 2.05) is 42.2 Å². The summed E-state index contributed by atoms with van der Waals surface area (Å²) in [4.78, 5) is 14.3. The topological polar surface area (TPSA) is 20.3 Å². The Morgan fingerprint density at radius 3 is 2.39 bits per heavy atom. The van der Waals surface area contributed by atoms with Crippen molar-refractivity contribution in [1.29, 1.82) is 0 Å². The van der Waals surface area contributed by atoms with Crippen LogP contribution in [0.25, 0.3) is 0 Å². The van der Waals surface area contributed by atoms with Crippen LogP contribution in [0.15, 0.2) is 53.6 Å². The molecule has 1 aliphatic rings. The molecule has 1 saturated heterocycles. The Morgan fingerprint density at radius 2 is 1.78 bits per heavy atom. The Balaban J connectivity index is 2.15. The van der Waals surface area contributed by atoms with Crippen LogP contribution in [0, 0.1) is 0 Å². The summed E-state index contributed by atoms with van der Waals surface area (Å²) in [5.41, 5.74) is 3.42. The maximum absolute atomic E-state index is 12.3. The highest BCUT2D eigenvalue weighted by molar-refractivity contribution is 5.94. The van der Waals surface area contributed by atoms with Gasteiger partial charge in [0.1, 0.15) is 0 Å². The van der Waals surface area contributed by atoms with Crippen LogP contribution in [-0.4, -0.2) is 23.9 Å². The highest BCUT2D eigenvalue weighted by atomic mass is 16.2. The monoisotopic (exact) mass is 241 g/mol. The number of amides is 1. The Kier molecular flexibility index (Phi) is 3.98. The van der Waals surface area contributed by atoms with Gasteiger partial charge in [0.25, 0.3) is 5.91 Å². The van der Waals surface area contributed by atoms with Gasteiger partial charge in [0, 0.05) is 18.7 Å². The number of piperidine rings is 1. The summed E-state index contributed by atoms with van der Waals surface area (Å²) in [6, 6.07) is 9.50. The molecule has 0 saturated carbocycles. The van der Waals surface area contributed by atoms with E-state index in [0.29, 0.717) is 0 Å². The number of allylic oxidation sites excluding steroid dienone is 2. The largest absolute Gasteiger partial charge is 0.334 e. The predicted octanol–water partition coefficient (Wildman–Crippen LogP) is 3.43. The lowest BCUT2D eigenvalue weighted by molar-refractivity contribution is 0.0763. The second-order valence-corrected chi connectivity index (χ2v) is 4.47. The van der Waals surface area contributed by atoms with Gasteiger partial charge < -0.3 is 4.90 Å². The maximum atomic E-state index is 12.3. The molecule has 18 heavy (non-hydrogen) atoms. The molecule has 1 heterocycles. The molecular formula is C16H19NO. The van der Waals surface area contributed by atoms with Crippen LogP contribution in [0.4, 0.5) is 0 Å². The fourth-order valence-electron chi connectivity index (χ4n) is 2.35. The van der Waals surface area contributed by atoms with Crippen LogP contribution < -0.4 is 0 Å². The van der Waals surface area contributed by atoms with Crippen LogP contribution in [0.3, 0.4) is 0 Å². The van der Waals surface area contributed by atoms with Gasteiger partial charge in [-0.3, -0.25) is 4.79 Å². The number of likely N-dealkylation sites (tertiary alicyclic amines) is 1. The van der Waals surface area contributed by atoms with Gasteiger partial charge in [0.2, 0.25) is 0 Å². The zero-order chi connectivity index (χ0) is 13.0. The molecule has 0 N–H and O–H groups in total. The van der Waals surface area contributed by atoms with Crippen molar-refractivity contribution in [3.05, 3.63) is 59.2 Å². The minimum absolute atomic E-state index is 0.130. The van der Waals surface area contributed by atoms with E-state index in [2.05, 4.69) is 19.1 Å². The Bertz CT molecular complexity index is 485. The zero-order valence-electron chi connectivity index (χ0n) is 11.0. The van der Waals surface area contributed by atoms with Gasteiger partial charge in [0.05, 0.1) is 0 Å². The summed E-state index contributed by atoms with van der Waals surface area (Å²) >= 11 is 0. The highest BCUT2D eigenvalue weighted by Crippen LogP contribution is 2.23. The minimum Gasteiger partial charge on any atom is -0.334 e. The SMILES string of the molecule is C/C=C1/CCN(C(=O)c2ccccc2)C/C1=C/C. The van der Waals surface area contributed by atoms with E-state index in [1.54, 1.807) is 0 Å². The highest BCUT2D eigenvalue weighted by Gasteiger charge is 2.22. The van der Waals surface area contributed by atoms with Crippen LogP contribution >= 0.6 is 0 Å². The van der Waals surface area contributed by atoms with E-state index in [-0.39, 0.29) is 5.91 Å². The third kappa shape index (κ3) is 2.53. The van der Waals surface area contributed by atoms with Crippen molar-refractivity contribution < 1.29 is 4.79 Å². The molecule has 1 amide bonds. The normalized spacial score (nSPS) is 20.4. The predicted molar refractivity (Wildman–Crippen MR) is 74.5 cm³/mol. The second-order valence-electron chi connectivity index (χ2n) is 4.47. The van der Waals surface area contributed by atoms with Crippen molar-refractivity contribution in [3.63, 3.8) is 0 Å². The van der Waals surface area contributed by atoms with Gasteiger partial charge in [-0.1, -0.05) is 30.4 Å². The molecular weight excluding hydrogens is 222 g/mol. The number of carbonyl (C=O) groups excluding carboxylic acids is 1. The molecule has 0 aromatic heterocycles. The van der Waals surface area contributed by atoms with E-state index < -0.39 is 0 Å². The quantitative estimate of drug-likeness (QED) is 0.737. The van der Waals surface area contributed by atoms with Crippen molar-refractivity contribution in [3.8, 4) is 0 Å². The molecule has 0 spiro atoms. The molecule has 0 radical (unpaired) electrons. The number of rotatable bonds is 1. The molecule has 0 atom stereocenters. The fraction of sp³-hybridized carbons (Fsp3) is 0.312. The van der Waals surface area contributed by atoms with Gasteiger partial charge in [-0.15, -0.1) is 0 Å². The summed E-state index contributed by atoms with van der Waals surface area (Å²) in [6.07, 6.45) is 5.22. The molecule has 0 bridgehead atoms. The first-order valence-corrected chi connectivity index (χ1v) is 6.41. The van der Waals surface area contributed by atoms with Crippen molar-refractivity contribution in [2.45, 2.75) is 20.3 Å². The number of carbonyl (C=O) groups is 1. The summed E-state index contributed by atoms with van der Waals surface area (Å²) < 4.78 is 0. The van der Waals surface area contributed by atoms with Gasteiger partial charge in [-0.2, -0.15) is 0 Å². The molecule has 2 heteroatoms. The summed E-state index contributed by atoms with van der Waals surface area (Å²) in [5.74, 6) is 0.130. The fourth-order valence-corrected chi connectivity index (χ4v) is 2.35. The maximum Gasteiger partial charge on any atom is 0.254 e. The number of hydrogen-bond donors (Lipinski definition) is 0. The number of benzene rings is 1. The van der Waals surface area contributed by atoms with Crippen LogP contribution in [0.5, 0.6) is 0 Å². The Hall–Kier alpha value is -1.83. The van der Waals surface area contributed by atoms with Crippen molar-refractivity contribution in [2.75, 3.05) is 13.1 Å². The molecule has 0 unspecified atom stereocenters. The lowest BCUT2D eigenvalue weighted by Crippen LogP contribution is -2.37. The number of hydrogen-bond acceptors (Lipinski definition) is 1. The molecule has 1 fully saturated rings. The standard InChI is InChI=1S/C16H19NO/c1-3-13-10-11-17(12-14(13)4-2)16(18)15-8-6-5-7-9-15/h3-9H,10-12H2,1-2H3/b13-3-,14-4-. The van der Waals surface area contributed by atoms with Crippen molar-refractivity contribution in [1.82, 2.24) is 4.90 Å². The van der Waals surface area contributed by atoms with Crippen LogP contribution in [0.2, 0.25) is 0 Å². The number of nitrogens with zero attached hydrogens (tertiary/aromatic N) is 1. The van der Waals surface area contributed by atoms with Crippen LogP contribution in [-0.2, 0) is 0 Å². The first kappa shape index (κ1) is 12.6. The van der Waals surface area contributed by atoms with E-state index in [4.69, 9.17) is 0 Å². The van der Waals surface area contributed by atoms with Crippen molar-refractivity contribution in [2.24, 2.45) is 0 Å². The first-order valence-electron chi connectivity index (χ1n) is 6.41. The molecule has 1 aromatic carbocycles. The van der Waals surface area contributed by atoms with Crippen LogP contribution in [0.1, 0.15) is 30.6 Å². The smallest absolute Gasteiger partial charge is 0.254 e. The van der Waals surface area contributed by atoms with E-state index in [0.717, 1.165) is 25.1 Å². The molecule has 1 aliphatic heterocycles. The third-order valence-corrected chi connectivity index (χ3v) is 3.43. The second kappa shape index (κ2) is 5.67. The Morgan fingerprint density at radius 1 is 1.11 bits per heavy atom. The molecule has 1 aromatic rings. The molecule has 2 rings (SSSR count). The summed E-state index contributed by atoms with van der Waals surface area (Å²) in [6.45, 7) is 5.64. The van der Waals surface area contributed by atoms with E-state index >= 15 is 0 Å². The van der Waals surface area contributed by atoms with E-state index in [1.165, 1.54) is 11.1 Å². The van der Waals surface area contributed by atoms with Crippen molar-refractivity contribution >= 4 is 5.91 Å². The lowest BCUT2D eigenvalue weighted by atomic mass is 9.97. The zero-order valence-corrected chi connectivity index (χ0v) is 11.0. The average molecular weight is 241 g/mol. The average Bonchev–Trinajstić information content (AvgIpc) is 2.46. The van der Waals surface area contributed by atoms with E-state index in [9.17, 15) is 4.79 Å². The van der Waals surface area contributed by atoms with Gasteiger partial charge in [-0.25, -0.2) is 0 Å². The minimum atomic E-state index is 0.130.